The monoisotopic (exact) mass is 289 g/mol. The highest BCUT2D eigenvalue weighted by Crippen LogP contribution is 2.17. The maximum absolute atomic E-state index is 13.5. The number of nitrogens with one attached hydrogen (secondary N) is 1. The fourth-order valence-electron chi connectivity index (χ4n) is 2.03. The number of methoxy groups -OCH3 is 1. The Morgan fingerprint density at radius 3 is 2.67 bits per heavy atom. The third kappa shape index (κ3) is 3.79. The number of para-hydroxylation sites is 1. The van der Waals surface area contributed by atoms with Crippen molar-refractivity contribution in [3.8, 4) is 5.75 Å². The Hall–Kier alpha value is -2.40. The molecule has 0 heterocycles. The Labute approximate surface area is 122 Å². The van der Waals surface area contributed by atoms with Crippen molar-refractivity contribution in [3.63, 3.8) is 0 Å². The topological polar surface area (TPSA) is 58.6 Å². The second-order valence-electron chi connectivity index (χ2n) is 4.53. The summed E-state index contributed by atoms with van der Waals surface area (Å²) in [6.07, 6.45) is 0. The molecule has 0 bridgehead atoms. The van der Waals surface area contributed by atoms with Crippen LogP contribution in [0.3, 0.4) is 0 Å². The van der Waals surface area contributed by atoms with Crippen molar-refractivity contribution in [3.05, 3.63) is 65.0 Å². The van der Waals surface area contributed by atoms with Crippen molar-refractivity contribution in [1.29, 1.82) is 0 Å². The van der Waals surface area contributed by atoms with Crippen LogP contribution < -0.4 is 10.1 Å². The van der Waals surface area contributed by atoms with E-state index in [1.807, 2.05) is 24.3 Å². The molecule has 0 fully saturated rings. The SMILES string of the molecule is COc1ccccc1CNCc1ccc(C(=O)O)c(F)c1. The summed E-state index contributed by atoms with van der Waals surface area (Å²) in [5.74, 6) is -1.20. The van der Waals surface area contributed by atoms with Crippen molar-refractivity contribution < 1.29 is 19.0 Å². The number of benzene rings is 2. The summed E-state index contributed by atoms with van der Waals surface area (Å²) < 4.78 is 18.8. The molecule has 0 amide bonds. The normalized spacial score (nSPS) is 10.4. The van der Waals surface area contributed by atoms with Crippen LogP contribution in [0.1, 0.15) is 21.5 Å². The summed E-state index contributed by atoms with van der Waals surface area (Å²) in [6.45, 7) is 1.02. The fraction of sp³-hybridized carbons (Fsp3) is 0.188. The van der Waals surface area contributed by atoms with Gasteiger partial charge in [-0.3, -0.25) is 0 Å². The molecule has 2 N–H and O–H groups in total. The molecule has 0 unspecified atom stereocenters. The minimum atomic E-state index is -1.26. The first-order valence-electron chi connectivity index (χ1n) is 6.46. The predicted octanol–water partition coefficient (Wildman–Crippen LogP) is 2.82. The van der Waals surface area contributed by atoms with Gasteiger partial charge in [0.2, 0.25) is 0 Å². The van der Waals surface area contributed by atoms with Crippen molar-refractivity contribution in [1.82, 2.24) is 5.32 Å². The van der Waals surface area contributed by atoms with Crippen LogP contribution in [0.4, 0.5) is 4.39 Å². The molecule has 2 rings (SSSR count). The van der Waals surface area contributed by atoms with Gasteiger partial charge in [0.05, 0.1) is 12.7 Å². The first-order chi connectivity index (χ1) is 10.1. The van der Waals surface area contributed by atoms with Gasteiger partial charge in [0.25, 0.3) is 0 Å². The van der Waals surface area contributed by atoms with Crippen LogP contribution in [0.5, 0.6) is 5.75 Å². The van der Waals surface area contributed by atoms with Crippen LogP contribution in [-0.4, -0.2) is 18.2 Å². The number of carboxylic acids is 1. The summed E-state index contributed by atoms with van der Waals surface area (Å²) in [4.78, 5) is 10.7. The Bertz CT molecular complexity index is 643. The van der Waals surface area contributed by atoms with Gasteiger partial charge >= 0.3 is 5.97 Å². The molecule has 0 aliphatic heterocycles. The van der Waals surface area contributed by atoms with Gasteiger partial charge in [-0.2, -0.15) is 0 Å². The number of carbonyl (C=O) groups is 1. The molecule has 5 heteroatoms. The van der Waals surface area contributed by atoms with E-state index in [2.05, 4.69) is 5.32 Å². The van der Waals surface area contributed by atoms with Crippen LogP contribution >= 0.6 is 0 Å². The van der Waals surface area contributed by atoms with Gasteiger partial charge in [0.1, 0.15) is 11.6 Å². The van der Waals surface area contributed by atoms with Crippen molar-refractivity contribution in [2.24, 2.45) is 0 Å². The highest BCUT2D eigenvalue weighted by atomic mass is 19.1. The molecular weight excluding hydrogens is 273 g/mol. The molecule has 0 aliphatic carbocycles. The molecule has 0 aromatic heterocycles. The van der Waals surface area contributed by atoms with Gasteiger partial charge in [-0.25, -0.2) is 9.18 Å². The average Bonchev–Trinajstić information content (AvgIpc) is 2.47. The summed E-state index contributed by atoms with van der Waals surface area (Å²) in [7, 11) is 1.61. The van der Waals surface area contributed by atoms with E-state index in [0.29, 0.717) is 18.7 Å². The van der Waals surface area contributed by atoms with Crippen LogP contribution in [0, 0.1) is 5.82 Å². The third-order valence-electron chi connectivity index (χ3n) is 3.10. The van der Waals surface area contributed by atoms with Crippen molar-refractivity contribution in [2.45, 2.75) is 13.1 Å². The maximum atomic E-state index is 13.5. The lowest BCUT2D eigenvalue weighted by Gasteiger charge is -2.10. The highest BCUT2D eigenvalue weighted by molar-refractivity contribution is 5.87. The molecule has 0 aliphatic rings. The first-order valence-corrected chi connectivity index (χ1v) is 6.46. The van der Waals surface area contributed by atoms with Crippen molar-refractivity contribution in [2.75, 3.05) is 7.11 Å². The zero-order chi connectivity index (χ0) is 15.2. The van der Waals surface area contributed by atoms with Gasteiger partial charge < -0.3 is 15.2 Å². The quantitative estimate of drug-likeness (QED) is 0.858. The number of hydrogen-bond donors (Lipinski definition) is 2. The number of aromatic carboxylic acids is 1. The van der Waals surface area contributed by atoms with Crippen LogP contribution in [0.2, 0.25) is 0 Å². The Morgan fingerprint density at radius 1 is 1.24 bits per heavy atom. The molecular formula is C16H16FNO3. The lowest BCUT2D eigenvalue weighted by Crippen LogP contribution is -2.14. The molecule has 0 saturated carbocycles. The van der Waals surface area contributed by atoms with Gasteiger partial charge in [0.15, 0.2) is 0 Å². The average molecular weight is 289 g/mol. The first kappa shape index (κ1) is 15.0. The number of ether oxygens (including phenoxy) is 1. The van der Waals surface area contributed by atoms with Crippen LogP contribution in [0.15, 0.2) is 42.5 Å². The lowest BCUT2D eigenvalue weighted by atomic mass is 10.1. The second-order valence-corrected chi connectivity index (χ2v) is 4.53. The minimum absolute atomic E-state index is 0.316. The zero-order valence-corrected chi connectivity index (χ0v) is 11.6. The standard InChI is InChI=1S/C16H16FNO3/c1-21-15-5-3-2-4-12(15)10-18-9-11-6-7-13(16(19)20)14(17)8-11/h2-8,18H,9-10H2,1H3,(H,19,20). The molecule has 0 atom stereocenters. The number of halogens is 1. The number of rotatable bonds is 6. The molecule has 0 radical (unpaired) electrons. The molecule has 2 aromatic carbocycles. The number of carboxylic acid groups (broad SMARTS) is 1. The maximum Gasteiger partial charge on any atom is 0.338 e. The van der Waals surface area contributed by atoms with E-state index < -0.39 is 11.8 Å². The Kier molecular flexibility index (Phi) is 4.90. The third-order valence-corrected chi connectivity index (χ3v) is 3.10. The largest absolute Gasteiger partial charge is 0.496 e. The summed E-state index contributed by atoms with van der Waals surface area (Å²) >= 11 is 0. The second kappa shape index (κ2) is 6.85. The van der Waals surface area contributed by atoms with Crippen LogP contribution in [0.25, 0.3) is 0 Å². The summed E-state index contributed by atoms with van der Waals surface area (Å²) in [5.41, 5.74) is 1.37. The van der Waals surface area contributed by atoms with Crippen LogP contribution in [-0.2, 0) is 13.1 Å². The van der Waals surface area contributed by atoms with E-state index >= 15 is 0 Å². The van der Waals surface area contributed by atoms with E-state index in [1.165, 1.54) is 12.1 Å². The van der Waals surface area contributed by atoms with Gasteiger partial charge in [0, 0.05) is 18.7 Å². The molecule has 0 saturated heterocycles. The molecule has 4 nitrogen and oxygen atoms in total. The Balaban J connectivity index is 1.97. The summed E-state index contributed by atoms with van der Waals surface area (Å²) in [6, 6.07) is 11.7. The van der Waals surface area contributed by atoms with E-state index in [0.717, 1.165) is 11.3 Å². The van der Waals surface area contributed by atoms with E-state index in [9.17, 15) is 9.18 Å². The van der Waals surface area contributed by atoms with Gasteiger partial charge in [-0.05, 0) is 23.8 Å². The van der Waals surface area contributed by atoms with E-state index in [4.69, 9.17) is 9.84 Å². The number of hydrogen-bond acceptors (Lipinski definition) is 3. The van der Waals surface area contributed by atoms with Gasteiger partial charge in [-0.1, -0.05) is 24.3 Å². The van der Waals surface area contributed by atoms with Gasteiger partial charge in [-0.15, -0.1) is 0 Å². The summed E-state index contributed by atoms with van der Waals surface area (Å²) in [5, 5.41) is 11.9. The molecule has 110 valence electrons. The Morgan fingerprint density at radius 2 is 2.00 bits per heavy atom. The predicted molar refractivity (Wildman–Crippen MR) is 76.9 cm³/mol. The highest BCUT2D eigenvalue weighted by Gasteiger charge is 2.10. The molecule has 0 spiro atoms. The molecule has 21 heavy (non-hydrogen) atoms. The van der Waals surface area contributed by atoms with E-state index in [-0.39, 0.29) is 5.56 Å². The van der Waals surface area contributed by atoms with Crippen molar-refractivity contribution >= 4 is 5.97 Å². The van der Waals surface area contributed by atoms with E-state index in [1.54, 1.807) is 13.2 Å². The fourth-order valence-corrected chi connectivity index (χ4v) is 2.03. The lowest BCUT2D eigenvalue weighted by molar-refractivity contribution is 0.0692. The zero-order valence-electron chi connectivity index (χ0n) is 11.6. The smallest absolute Gasteiger partial charge is 0.338 e. The minimum Gasteiger partial charge on any atom is -0.496 e. The molecule has 2 aromatic rings.